The molecule has 0 saturated carbocycles. The summed E-state index contributed by atoms with van der Waals surface area (Å²) in [6, 6.07) is 0. The smallest absolute Gasteiger partial charge is 0.333 e. The summed E-state index contributed by atoms with van der Waals surface area (Å²) in [5.41, 5.74) is 1.18. The van der Waals surface area contributed by atoms with Gasteiger partial charge in [0.2, 0.25) is 0 Å². The lowest BCUT2D eigenvalue weighted by Gasteiger charge is -2.01. The molecule has 0 aliphatic carbocycles. The van der Waals surface area contributed by atoms with E-state index in [1.54, 1.807) is 6.92 Å². The van der Waals surface area contributed by atoms with Gasteiger partial charge in [0.25, 0.3) is 0 Å². The Morgan fingerprint density at radius 2 is 1.24 bits per heavy atom. The van der Waals surface area contributed by atoms with E-state index in [0.29, 0.717) is 30.4 Å². The number of aliphatic hydroxyl groups excluding tert-OH is 1. The van der Waals surface area contributed by atoms with Gasteiger partial charge in [0.1, 0.15) is 0 Å². The first-order chi connectivity index (χ1) is 17.1. The van der Waals surface area contributed by atoms with Crippen molar-refractivity contribution in [2.75, 3.05) is 13.2 Å². The number of unbranched alkanes of at least 4 members (excludes halogenated alkanes) is 1. The molecule has 210 valence electrons. The van der Waals surface area contributed by atoms with Crippen LogP contribution in [0.4, 0.5) is 0 Å². The normalized spacial score (nSPS) is 9.97. The molecule has 0 aliphatic heterocycles. The van der Waals surface area contributed by atoms with Gasteiger partial charge in [-0.05, 0) is 40.0 Å². The second kappa shape index (κ2) is 26.6. The number of carboxylic acids is 4. The van der Waals surface area contributed by atoms with E-state index in [-0.39, 0.29) is 24.4 Å². The van der Waals surface area contributed by atoms with Crippen LogP contribution in [0.15, 0.2) is 60.3 Å². The van der Waals surface area contributed by atoms with Crippen molar-refractivity contribution in [3.05, 3.63) is 60.3 Å². The minimum atomic E-state index is -0.981. The first-order valence-electron chi connectivity index (χ1n) is 11.1. The third-order valence-corrected chi connectivity index (χ3v) is 3.71. The van der Waals surface area contributed by atoms with Crippen molar-refractivity contribution in [2.24, 2.45) is 0 Å². The maximum absolute atomic E-state index is 10.9. The topological polar surface area (TPSA) is 196 Å². The highest BCUT2D eigenvalue weighted by atomic mass is 16.5. The maximum Gasteiger partial charge on any atom is 0.333 e. The quantitative estimate of drug-likeness (QED) is 0.132. The minimum absolute atomic E-state index is 0.00458. The molecule has 5 N–H and O–H groups in total. The van der Waals surface area contributed by atoms with Gasteiger partial charge >= 0.3 is 29.8 Å². The summed E-state index contributed by atoms with van der Waals surface area (Å²) in [5.74, 6) is -4.19. The van der Waals surface area contributed by atoms with Gasteiger partial charge in [-0.3, -0.25) is 0 Å². The van der Waals surface area contributed by atoms with E-state index in [2.05, 4.69) is 19.7 Å². The predicted molar refractivity (Wildman–Crippen MR) is 139 cm³/mol. The van der Waals surface area contributed by atoms with Crippen LogP contribution in [0, 0.1) is 0 Å². The number of aliphatic hydroxyl groups is 1. The van der Waals surface area contributed by atoms with Crippen LogP contribution in [0.2, 0.25) is 0 Å². The molecular weight excluding hydrogens is 488 g/mol. The summed E-state index contributed by atoms with van der Waals surface area (Å²) in [6.07, 6.45) is 7.20. The maximum atomic E-state index is 10.9. The Bertz CT molecular complexity index is 833. The zero-order chi connectivity index (χ0) is 30.0. The van der Waals surface area contributed by atoms with Crippen molar-refractivity contribution in [2.45, 2.75) is 59.8 Å². The molecule has 0 unspecified atom stereocenters. The molecule has 0 atom stereocenters. The molecule has 0 spiro atoms. The Labute approximate surface area is 217 Å². The molecule has 0 fully saturated rings. The highest BCUT2D eigenvalue weighted by Gasteiger charge is 2.02. The predicted octanol–water partition coefficient (Wildman–Crippen LogP) is 4.00. The zero-order valence-corrected chi connectivity index (χ0v) is 22.0. The summed E-state index contributed by atoms with van der Waals surface area (Å²) >= 11 is 0. The molecule has 0 aromatic heterocycles. The van der Waals surface area contributed by atoms with E-state index in [1.165, 1.54) is 26.0 Å². The molecule has 0 aliphatic rings. The van der Waals surface area contributed by atoms with Gasteiger partial charge in [-0.2, -0.15) is 0 Å². The summed E-state index contributed by atoms with van der Waals surface area (Å²) in [4.78, 5) is 50.6. The van der Waals surface area contributed by atoms with Crippen LogP contribution < -0.4 is 0 Å². The number of carbonyl (C=O) groups excluding carboxylic acids is 1. The van der Waals surface area contributed by atoms with Crippen LogP contribution in [-0.2, 0) is 28.7 Å². The lowest BCUT2D eigenvalue weighted by atomic mass is 10.1. The average molecular weight is 529 g/mol. The summed E-state index contributed by atoms with van der Waals surface area (Å²) in [6.45, 7) is 16.5. The average Bonchev–Trinajstić information content (AvgIpc) is 2.83. The second-order valence-electron chi connectivity index (χ2n) is 7.16. The molecule has 0 saturated heterocycles. The Morgan fingerprint density at radius 1 is 0.811 bits per heavy atom. The van der Waals surface area contributed by atoms with Gasteiger partial charge < -0.3 is 30.3 Å². The van der Waals surface area contributed by atoms with Crippen molar-refractivity contribution in [1.29, 1.82) is 0 Å². The van der Waals surface area contributed by atoms with E-state index in [4.69, 9.17) is 30.3 Å². The molecular formula is C26H40O11. The van der Waals surface area contributed by atoms with E-state index in [1.807, 2.05) is 6.92 Å². The molecule has 0 heterocycles. The van der Waals surface area contributed by atoms with Crippen molar-refractivity contribution in [3.63, 3.8) is 0 Å². The number of carbonyl (C=O) groups is 5. The van der Waals surface area contributed by atoms with Gasteiger partial charge in [-0.1, -0.05) is 45.2 Å². The molecule has 0 rings (SSSR count). The third-order valence-electron chi connectivity index (χ3n) is 3.71. The second-order valence-corrected chi connectivity index (χ2v) is 7.16. The number of hydrogen-bond acceptors (Lipinski definition) is 7. The Morgan fingerprint density at radius 3 is 1.54 bits per heavy atom. The third kappa shape index (κ3) is 34.3. The van der Waals surface area contributed by atoms with Crippen LogP contribution in [0.25, 0.3) is 0 Å². The van der Waals surface area contributed by atoms with Crippen LogP contribution in [0.1, 0.15) is 59.8 Å². The summed E-state index contributed by atoms with van der Waals surface area (Å²) in [7, 11) is 0. The van der Waals surface area contributed by atoms with Crippen LogP contribution in [0.5, 0.6) is 0 Å². The highest BCUT2D eigenvalue weighted by molar-refractivity contribution is 5.87. The summed E-state index contributed by atoms with van der Waals surface area (Å²) < 4.78 is 4.76. The van der Waals surface area contributed by atoms with Crippen LogP contribution in [-0.4, -0.2) is 68.6 Å². The van der Waals surface area contributed by atoms with Crippen LogP contribution >= 0.6 is 0 Å². The molecule has 0 amide bonds. The van der Waals surface area contributed by atoms with Crippen LogP contribution in [0.3, 0.4) is 0 Å². The number of carboxylic acid groups (broad SMARTS) is 4. The Kier molecular flexibility index (Phi) is 28.9. The van der Waals surface area contributed by atoms with Crippen molar-refractivity contribution >= 4 is 29.8 Å². The van der Waals surface area contributed by atoms with Gasteiger partial charge in [0.15, 0.2) is 0 Å². The zero-order valence-electron chi connectivity index (χ0n) is 22.0. The first kappa shape index (κ1) is 40.2. The fourth-order valence-corrected chi connectivity index (χ4v) is 1.50. The molecule has 37 heavy (non-hydrogen) atoms. The van der Waals surface area contributed by atoms with E-state index >= 15 is 0 Å². The SMILES string of the molecule is C=C(C)C(=O)OCCC=C(C)C(=O)O.C=C(CCCC)C(=O)O.C=CC(=O)O.CC(=CCCO)C(=O)O. The molecule has 0 radical (unpaired) electrons. The van der Waals surface area contributed by atoms with Gasteiger partial charge in [-0.15, -0.1) is 0 Å². The standard InChI is InChI=1S/C10H14O4.C7H12O2.C6H10O3.C3H4O2/c1-7(2)10(13)14-6-4-5-8(3)9(11)12;1-3-4-5-6(2)7(8)9;1-5(6(8)9)3-2-4-7;1-2-3(4)5/h5H,1,4,6H2,2-3H3,(H,11,12);2-5H2,1H3,(H,8,9);3,7H,2,4H2,1H3,(H,8,9);2H,1H2,(H,4,5). The molecule has 0 bridgehead atoms. The van der Waals surface area contributed by atoms with Gasteiger partial charge in [-0.25, -0.2) is 24.0 Å². The molecule has 0 aromatic carbocycles. The number of rotatable bonds is 13. The lowest BCUT2D eigenvalue weighted by molar-refractivity contribution is -0.139. The van der Waals surface area contributed by atoms with Gasteiger partial charge in [0.05, 0.1) is 6.61 Å². The van der Waals surface area contributed by atoms with Crippen molar-refractivity contribution in [1.82, 2.24) is 0 Å². The van der Waals surface area contributed by atoms with E-state index < -0.39 is 29.8 Å². The number of aliphatic carboxylic acids is 4. The summed E-state index contributed by atoms with van der Waals surface area (Å²) in [5, 5.41) is 40.9. The van der Waals surface area contributed by atoms with E-state index in [0.717, 1.165) is 18.9 Å². The fraction of sp³-hybridized carbons (Fsp3) is 0.423. The fourth-order valence-electron chi connectivity index (χ4n) is 1.50. The Hall–Kier alpha value is -3.99. The number of esters is 1. The molecule has 11 nitrogen and oxygen atoms in total. The van der Waals surface area contributed by atoms with E-state index in [9.17, 15) is 24.0 Å². The molecule has 0 aromatic rings. The molecule has 11 heteroatoms. The number of hydrogen-bond donors (Lipinski definition) is 5. The van der Waals surface area contributed by atoms with Gasteiger partial charge in [0, 0.05) is 41.4 Å². The largest absolute Gasteiger partial charge is 0.478 e. The first-order valence-corrected chi connectivity index (χ1v) is 11.1. The minimum Gasteiger partial charge on any atom is -0.478 e. The van der Waals surface area contributed by atoms with Crippen molar-refractivity contribution in [3.8, 4) is 0 Å². The lowest BCUT2D eigenvalue weighted by Crippen LogP contribution is -2.06. The highest BCUT2D eigenvalue weighted by Crippen LogP contribution is 2.03. The number of ether oxygens (including phenoxy) is 1. The monoisotopic (exact) mass is 528 g/mol. The Balaban J connectivity index is -0.000000208. The van der Waals surface area contributed by atoms with Crippen molar-refractivity contribution < 1.29 is 54.2 Å².